The molecule has 0 aromatic rings. The lowest BCUT2D eigenvalue weighted by Gasteiger charge is -2.33. The third kappa shape index (κ3) is 5.45. The third-order valence-electron chi connectivity index (χ3n) is 2.77. The second-order valence-corrected chi connectivity index (χ2v) is 11.3. The molecule has 1 aliphatic rings. The van der Waals surface area contributed by atoms with E-state index in [1.54, 1.807) is 21.3 Å². The maximum atomic E-state index is 6.00. The van der Waals surface area contributed by atoms with E-state index in [9.17, 15) is 0 Å². The molecule has 108 valence electrons. The van der Waals surface area contributed by atoms with Gasteiger partial charge in [0.15, 0.2) is 0 Å². The van der Waals surface area contributed by atoms with Crippen LogP contribution in [0.4, 0.5) is 0 Å². The summed E-state index contributed by atoms with van der Waals surface area (Å²) in [6, 6.07) is 0.618. The number of ether oxygens (including phenoxy) is 2. The second-order valence-electron chi connectivity index (χ2n) is 4.58. The van der Waals surface area contributed by atoms with Gasteiger partial charge in [0.05, 0.1) is 19.8 Å². The molecule has 0 amide bonds. The molecule has 0 radical (unpaired) electrons. The minimum Gasteiger partial charge on any atom is -0.398 e. The van der Waals surface area contributed by atoms with Crippen LogP contribution in [0.3, 0.4) is 0 Å². The molecule has 1 atom stereocenters. The molecule has 0 saturated carbocycles. The minimum absolute atomic E-state index is 0.275. The standard InChI is InChI=1S/C10H24O6Si2/c1-11-17(4,5)16-18(12-2,13-3)7-6-14-8-10-9-15-10/h10H,6-9H2,1-5H3. The first kappa shape index (κ1) is 16.2. The molecule has 0 aromatic carbocycles. The molecule has 1 rings (SSSR count). The van der Waals surface area contributed by atoms with Gasteiger partial charge in [0.25, 0.3) is 0 Å². The zero-order valence-electron chi connectivity index (χ0n) is 11.9. The highest BCUT2D eigenvalue weighted by molar-refractivity contribution is 6.76. The van der Waals surface area contributed by atoms with Crippen molar-refractivity contribution in [2.45, 2.75) is 25.2 Å². The Morgan fingerprint density at radius 1 is 1.11 bits per heavy atom. The second kappa shape index (κ2) is 7.10. The summed E-state index contributed by atoms with van der Waals surface area (Å²) in [5, 5.41) is 0. The molecule has 1 fully saturated rings. The zero-order valence-corrected chi connectivity index (χ0v) is 13.9. The van der Waals surface area contributed by atoms with E-state index in [0.717, 1.165) is 6.61 Å². The average molecular weight is 296 g/mol. The molecule has 1 saturated heterocycles. The fraction of sp³-hybridized carbons (Fsp3) is 1.00. The van der Waals surface area contributed by atoms with Crippen molar-refractivity contribution in [1.29, 1.82) is 0 Å². The van der Waals surface area contributed by atoms with Crippen LogP contribution in [0.2, 0.25) is 19.1 Å². The summed E-state index contributed by atoms with van der Waals surface area (Å²) in [6.45, 7) is 5.90. The predicted octanol–water partition coefficient (Wildman–Crippen LogP) is 0.998. The summed E-state index contributed by atoms with van der Waals surface area (Å²) in [5.74, 6) is 0. The fourth-order valence-electron chi connectivity index (χ4n) is 1.41. The van der Waals surface area contributed by atoms with Crippen molar-refractivity contribution in [2.75, 3.05) is 41.2 Å². The van der Waals surface area contributed by atoms with Gasteiger partial charge in [-0.3, -0.25) is 0 Å². The highest BCUT2D eigenvalue weighted by atomic mass is 28.5. The topological polar surface area (TPSA) is 58.7 Å². The minimum atomic E-state index is -2.68. The fourth-order valence-corrected chi connectivity index (χ4v) is 6.79. The molecule has 1 aliphatic heterocycles. The monoisotopic (exact) mass is 296 g/mol. The van der Waals surface area contributed by atoms with Crippen LogP contribution in [0.1, 0.15) is 0 Å². The van der Waals surface area contributed by atoms with E-state index in [1.165, 1.54) is 0 Å². The van der Waals surface area contributed by atoms with Gasteiger partial charge in [-0.1, -0.05) is 0 Å². The summed E-state index contributed by atoms with van der Waals surface area (Å²) in [6.07, 6.45) is 0.275. The molecule has 1 unspecified atom stereocenters. The van der Waals surface area contributed by atoms with Crippen molar-refractivity contribution < 1.29 is 26.9 Å². The van der Waals surface area contributed by atoms with Gasteiger partial charge in [-0.25, -0.2) is 0 Å². The molecule has 0 N–H and O–H groups in total. The van der Waals surface area contributed by atoms with Gasteiger partial charge in [0, 0.05) is 27.4 Å². The lowest BCUT2D eigenvalue weighted by atomic mass is 10.5. The van der Waals surface area contributed by atoms with Crippen LogP contribution in [0.25, 0.3) is 0 Å². The normalized spacial score (nSPS) is 20.2. The molecule has 0 aromatic heterocycles. The molecule has 18 heavy (non-hydrogen) atoms. The van der Waals surface area contributed by atoms with Gasteiger partial charge < -0.3 is 26.9 Å². The smallest absolute Gasteiger partial charge is 0.398 e. The number of epoxide rings is 1. The van der Waals surface area contributed by atoms with Crippen LogP contribution in [0.15, 0.2) is 0 Å². The summed E-state index contributed by atoms with van der Waals surface area (Å²) < 4.78 is 32.9. The highest BCUT2D eigenvalue weighted by Crippen LogP contribution is 2.21. The van der Waals surface area contributed by atoms with Crippen LogP contribution in [0.5, 0.6) is 0 Å². The third-order valence-corrected chi connectivity index (χ3v) is 9.03. The van der Waals surface area contributed by atoms with Crippen molar-refractivity contribution in [3.63, 3.8) is 0 Å². The Morgan fingerprint density at radius 2 is 1.72 bits per heavy atom. The van der Waals surface area contributed by atoms with Crippen LogP contribution in [-0.2, 0) is 26.9 Å². The van der Waals surface area contributed by atoms with Gasteiger partial charge in [-0.05, 0) is 13.1 Å². The largest absolute Gasteiger partial charge is 0.493 e. The van der Waals surface area contributed by atoms with Gasteiger partial charge in [0.2, 0.25) is 0 Å². The first-order chi connectivity index (χ1) is 8.47. The van der Waals surface area contributed by atoms with E-state index >= 15 is 0 Å². The van der Waals surface area contributed by atoms with Gasteiger partial charge in [-0.15, -0.1) is 0 Å². The molecular formula is C10H24O6Si2. The summed E-state index contributed by atoms with van der Waals surface area (Å²) in [4.78, 5) is 0. The number of rotatable bonds is 10. The maximum absolute atomic E-state index is 6.00. The molecule has 0 spiro atoms. The molecule has 6 nitrogen and oxygen atoms in total. The van der Waals surface area contributed by atoms with Crippen molar-refractivity contribution in [1.82, 2.24) is 0 Å². The van der Waals surface area contributed by atoms with Crippen LogP contribution in [0, 0.1) is 0 Å². The Hall–Kier alpha value is 0.194. The molecule has 1 heterocycles. The molecule has 0 bridgehead atoms. The highest BCUT2D eigenvalue weighted by Gasteiger charge is 2.45. The molecule has 8 heteroatoms. The Bertz CT molecular complexity index is 243. The number of hydrogen-bond acceptors (Lipinski definition) is 6. The average Bonchev–Trinajstić information content (AvgIpc) is 3.17. The van der Waals surface area contributed by atoms with E-state index in [1.807, 2.05) is 13.1 Å². The van der Waals surface area contributed by atoms with Crippen molar-refractivity contribution >= 4 is 17.4 Å². The van der Waals surface area contributed by atoms with Gasteiger partial charge >= 0.3 is 17.4 Å². The molecule has 0 aliphatic carbocycles. The van der Waals surface area contributed by atoms with Crippen LogP contribution < -0.4 is 0 Å². The quantitative estimate of drug-likeness (QED) is 0.340. The first-order valence-corrected chi connectivity index (χ1v) is 10.8. The Balaban J connectivity index is 2.38. The lowest BCUT2D eigenvalue weighted by Crippen LogP contribution is -2.53. The SMILES string of the molecule is CO[Si](C)(C)O[Si](CCOCC1CO1)(OC)OC. The maximum Gasteiger partial charge on any atom is 0.493 e. The van der Waals surface area contributed by atoms with Gasteiger partial charge in [-0.2, -0.15) is 0 Å². The van der Waals surface area contributed by atoms with Gasteiger partial charge in [0.1, 0.15) is 6.10 Å². The number of hydrogen-bond donors (Lipinski definition) is 0. The van der Waals surface area contributed by atoms with E-state index in [-0.39, 0.29) is 6.10 Å². The predicted molar refractivity (Wildman–Crippen MR) is 70.7 cm³/mol. The summed E-state index contributed by atoms with van der Waals surface area (Å²) in [7, 11) is -0.000952. The summed E-state index contributed by atoms with van der Waals surface area (Å²) >= 11 is 0. The van der Waals surface area contributed by atoms with Crippen molar-refractivity contribution in [3.05, 3.63) is 0 Å². The van der Waals surface area contributed by atoms with E-state index in [4.69, 9.17) is 26.9 Å². The Morgan fingerprint density at radius 3 is 2.17 bits per heavy atom. The van der Waals surface area contributed by atoms with Crippen molar-refractivity contribution in [3.8, 4) is 0 Å². The lowest BCUT2D eigenvalue weighted by molar-refractivity contribution is 0.0968. The van der Waals surface area contributed by atoms with Crippen LogP contribution in [-0.4, -0.2) is 64.6 Å². The van der Waals surface area contributed by atoms with E-state index < -0.39 is 17.4 Å². The Kier molecular flexibility index (Phi) is 6.41. The van der Waals surface area contributed by atoms with Crippen molar-refractivity contribution in [2.24, 2.45) is 0 Å². The Labute approximate surface area is 111 Å². The summed E-state index contributed by atoms with van der Waals surface area (Å²) in [5.41, 5.74) is 0. The zero-order chi connectivity index (χ0) is 13.6. The first-order valence-electron chi connectivity index (χ1n) is 6.02. The van der Waals surface area contributed by atoms with E-state index in [2.05, 4.69) is 0 Å². The van der Waals surface area contributed by atoms with Crippen LogP contribution >= 0.6 is 0 Å². The van der Waals surface area contributed by atoms with E-state index in [0.29, 0.717) is 19.3 Å². The molecular weight excluding hydrogens is 272 g/mol.